The molecular weight excluding hydrogens is 210 g/mol. The fourth-order valence-corrected chi connectivity index (χ4v) is 2.01. The van der Waals surface area contributed by atoms with Crippen molar-refractivity contribution in [1.29, 1.82) is 0 Å². The minimum atomic E-state index is -0.724. The molecule has 5 nitrogen and oxygen atoms in total. The van der Waals surface area contributed by atoms with Gasteiger partial charge in [-0.1, -0.05) is 6.92 Å². The van der Waals surface area contributed by atoms with Gasteiger partial charge in [0, 0.05) is 27.2 Å². The number of hydrogen-bond donors (Lipinski definition) is 1. The van der Waals surface area contributed by atoms with Crippen LogP contribution < -0.4 is 0 Å². The maximum atomic E-state index is 10.4. The molecule has 0 aliphatic carbocycles. The second kappa shape index (κ2) is 5.61. The predicted octanol–water partition coefficient (Wildman–Crippen LogP) is 0.792. The highest BCUT2D eigenvalue weighted by Crippen LogP contribution is 2.26. The Morgan fingerprint density at radius 2 is 2.00 bits per heavy atom. The summed E-state index contributed by atoms with van der Waals surface area (Å²) in [6.45, 7) is 4.50. The summed E-state index contributed by atoms with van der Waals surface area (Å²) in [5.41, 5.74) is 0. The number of ether oxygens (including phenoxy) is 2. The van der Waals surface area contributed by atoms with Gasteiger partial charge in [-0.3, -0.25) is 9.69 Å². The molecule has 1 fully saturated rings. The Kier molecular flexibility index (Phi) is 4.70. The predicted molar refractivity (Wildman–Crippen MR) is 59.2 cm³/mol. The van der Waals surface area contributed by atoms with Gasteiger partial charge in [-0.25, -0.2) is 0 Å². The van der Waals surface area contributed by atoms with E-state index in [1.165, 1.54) is 0 Å². The van der Waals surface area contributed by atoms with Crippen molar-refractivity contribution >= 4 is 5.97 Å². The Bertz CT molecular complexity index is 232. The van der Waals surface area contributed by atoms with E-state index in [0.29, 0.717) is 5.92 Å². The Hall–Kier alpha value is -0.650. The normalized spacial score (nSPS) is 21.4. The molecule has 1 unspecified atom stereocenters. The smallest absolute Gasteiger partial charge is 0.303 e. The van der Waals surface area contributed by atoms with E-state index in [1.807, 2.05) is 0 Å². The van der Waals surface area contributed by atoms with Gasteiger partial charge in [0.1, 0.15) is 0 Å². The standard InChI is InChI=1S/C11H21NO4/c1-9(4-5-10(13)14)6-12-7-11(8-12,15-2)16-3/h9H,4-8H2,1-3H3,(H,13,14). The first-order chi connectivity index (χ1) is 7.51. The van der Waals surface area contributed by atoms with Crippen molar-refractivity contribution in [2.75, 3.05) is 33.9 Å². The van der Waals surface area contributed by atoms with Crippen molar-refractivity contribution in [3.63, 3.8) is 0 Å². The average molecular weight is 231 g/mol. The van der Waals surface area contributed by atoms with Gasteiger partial charge in [-0.05, 0) is 12.3 Å². The zero-order valence-electron chi connectivity index (χ0n) is 10.2. The molecule has 16 heavy (non-hydrogen) atoms. The molecule has 1 aliphatic heterocycles. The summed E-state index contributed by atoms with van der Waals surface area (Å²) in [6.07, 6.45) is 0.966. The van der Waals surface area contributed by atoms with Gasteiger partial charge >= 0.3 is 5.97 Å². The SMILES string of the molecule is COC1(OC)CN(CC(C)CCC(=O)O)C1. The summed E-state index contributed by atoms with van der Waals surface area (Å²) >= 11 is 0. The van der Waals surface area contributed by atoms with Crippen LogP contribution in [0.5, 0.6) is 0 Å². The van der Waals surface area contributed by atoms with E-state index >= 15 is 0 Å². The summed E-state index contributed by atoms with van der Waals surface area (Å²) in [5.74, 6) is -0.770. The minimum absolute atomic E-state index is 0.245. The molecule has 1 heterocycles. The highest BCUT2D eigenvalue weighted by molar-refractivity contribution is 5.66. The van der Waals surface area contributed by atoms with E-state index in [4.69, 9.17) is 14.6 Å². The van der Waals surface area contributed by atoms with Crippen LogP contribution in [0.15, 0.2) is 0 Å². The number of likely N-dealkylation sites (tertiary alicyclic amines) is 1. The molecule has 1 saturated heterocycles. The first-order valence-electron chi connectivity index (χ1n) is 5.56. The van der Waals surface area contributed by atoms with Crippen molar-refractivity contribution in [1.82, 2.24) is 4.90 Å². The minimum Gasteiger partial charge on any atom is -0.481 e. The summed E-state index contributed by atoms with van der Waals surface area (Å²) in [4.78, 5) is 12.6. The monoisotopic (exact) mass is 231 g/mol. The molecule has 0 aromatic heterocycles. The molecule has 1 atom stereocenters. The summed E-state index contributed by atoms with van der Waals surface area (Å²) in [7, 11) is 3.30. The van der Waals surface area contributed by atoms with E-state index < -0.39 is 11.8 Å². The lowest BCUT2D eigenvalue weighted by Crippen LogP contribution is -2.64. The van der Waals surface area contributed by atoms with Crippen LogP contribution in [0.3, 0.4) is 0 Å². The lowest BCUT2D eigenvalue weighted by molar-refractivity contribution is -0.276. The zero-order chi connectivity index (χ0) is 12.2. The Morgan fingerprint density at radius 1 is 1.44 bits per heavy atom. The maximum absolute atomic E-state index is 10.4. The third-order valence-electron chi connectivity index (χ3n) is 3.09. The van der Waals surface area contributed by atoms with Gasteiger partial charge in [0.2, 0.25) is 0 Å². The number of aliphatic carboxylic acids is 1. The van der Waals surface area contributed by atoms with Crippen molar-refractivity contribution < 1.29 is 19.4 Å². The first kappa shape index (κ1) is 13.4. The molecule has 0 bridgehead atoms. The van der Waals surface area contributed by atoms with Gasteiger partial charge < -0.3 is 14.6 Å². The number of carbonyl (C=O) groups is 1. The number of hydrogen-bond acceptors (Lipinski definition) is 4. The Morgan fingerprint density at radius 3 is 2.44 bits per heavy atom. The first-order valence-corrected chi connectivity index (χ1v) is 5.56. The molecule has 5 heteroatoms. The van der Waals surface area contributed by atoms with Crippen LogP contribution in [0.1, 0.15) is 19.8 Å². The number of carboxylic acids is 1. The quantitative estimate of drug-likeness (QED) is 0.656. The maximum Gasteiger partial charge on any atom is 0.303 e. The third kappa shape index (κ3) is 3.43. The number of carboxylic acid groups (broad SMARTS) is 1. The van der Waals surface area contributed by atoms with E-state index in [1.54, 1.807) is 14.2 Å². The van der Waals surface area contributed by atoms with Gasteiger partial charge in [0.25, 0.3) is 0 Å². The largest absolute Gasteiger partial charge is 0.481 e. The highest BCUT2D eigenvalue weighted by atomic mass is 16.7. The molecule has 0 spiro atoms. The molecule has 0 aromatic carbocycles. The van der Waals surface area contributed by atoms with Gasteiger partial charge in [0.05, 0.1) is 13.1 Å². The number of rotatable bonds is 7. The van der Waals surface area contributed by atoms with Crippen LogP contribution in [0, 0.1) is 5.92 Å². The van der Waals surface area contributed by atoms with E-state index in [2.05, 4.69) is 11.8 Å². The molecule has 1 N–H and O–H groups in total. The van der Waals surface area contributed by atoms with E-state index in [9.17, 15) is 4.79 Å². The molecular formula is C11H21NO4. The molecule has 1 aliphatic rings. The zero-order valence-corrected chi connectivity index (χ0v) is 10.2. The molecule has 0 radical (unpaired) electrons. The molecule has 0 amide bonds. The topological polar surface area (TPSA) is 59.0 Å². The molecule has 0 aromatic rings. The lowest BCUT2D eigenvalue weighted by atomic mass is 10.0. The van der Waals surface area contributed by atoms with Crippen LogP contribution >= 0.6 is 0 Å². The van der Waals surface area contributed by atoms with Crippen LogP contribution in [0.2, 0.25) is 0 Å². The van der Waals surface area contributed by atoms with Crippen LogP contribution in [0.4, 0.5) is 0 Å². The summed E-state index contributed by atoms with van der Waals surface area (Å²) < 4.78 is 10.5. The Balaban J connectivity index is 2.18. The van der Waals surface area contributed by atoms with Crippen LogP contribution in [-0.4, -0.2) is 55.6 Å². The highest BCUT2D eigenvalue weighted by Gasteiger charge is 2.43. The molecule has 94 valence electrons. The van der Waals surface area contributed by atoms with Crippen LogP contribution in [0.25, 0.3) is 0 Å². The average Bonchev–Trinajstić information content (AvgIpc) is 2.20. The van der Waals surface area contributed by atoms with Gasteiger partial charge in [0.15, 0.2) is 5.79 Å². The number of methoxy groups -OCH3 is 2. The second-order valence-electron chi connectivity index (χ2n) is 4.53. The van der Waals surface area contributed by atoms with Crippen LogP contribution in [-0.2, 0) is 14.3 Å². The van der Waals surface area contributed by atoms with Crippen molar-refractivity contribution in [3.05, 3.63) is 0 Å². The van der Waals surface area contributed by atoms with Crippen molar-refractivity contribution in [2.45, 2.75) is 25.6 Å². The van der Waals surface area contributed by atoms with Crippen molar-refractivity contribution in [2.24, 2.45) is 5.92 Å². The summed E-state index contributed by atoms with van der Waals surface area (Å²) in [5, 5.41) is 8.57. The lowest BCUT2D eigenvalue weighted by Gasteiger charge is -2.48. The van der Waals surface area contributed by atoms with Crippen molar-refractivity contribution in [3.8, 4) is 0 Å². The summed E-state index contributed by atoms with van der Waals surface area (Å²) in [6, 6.07) is 0. The van der Waals surface area contributed by atoms with Gasteiger partial charge in [-0.15, -0.1) is 0 Å². The van der Waals surface area contributed by atoms with Gasteiger partial charge in [-0.2, -0.15) is 0 Å². The second-order valence-corrected chi connectivity index (χ2v) is 4.53. The Labute approximate surface area is 96.3 Å². The number of nitrogens with zero attached hydrogens (tertiary/aromatic N) is 1. The third-order valence-corrected chi connectivity index (χ3v) is 3.09. The van der Waals surface area contributed by atoms with E-state index in [0.717, 1.165) is 26.1 Å². The fraction of sp³-hybridized carbons (Fsp3) is 0.909. The molecule has 0 saturated carbocycles. The van der Waals surface area contributed by atoms with E-state index in [-0.39, 0.29) is 6.42 Å². The molecule has 1 rings (SSSR count). The fourth-order valence-electron chi connectivity index (χ4n) is 2.01.